The van der Waals surface area contributed by atoms with Crippen molar-refractivity contribution in [3.05, 3.63) is 100 Å². The highest BCUT2D eigenvalue weighted by Gasteiger charge is 2.32. The first-order valence-corrected chi connectivity index (χ1v) is 15.1. The molecule has 0 aromatic heterocycles. The van der Waals surface area contributed by atoms with Crippen molar-refractivity contribution in [1.82, 2.24) is 10.2 Å². The molecule has 40 heavy (non-hydrogen) atoms. The summed E-state index contributed by atoms with van der Waals surface area (Å²) in [6, 6.07) is 25.2. The minimum absolute atomic E-state index is 0.000291. The van der Waals surface area contributed by atoms with Crippen molar-refractivity contribution in [3.63, 3.8) is 0 Å². The predicted octanol–water partition coefficient (Wildman–Crippen LogP) is 7.21. The van der Waals surface area contributed by atoms with E-state index in [2.05, 4.69) is 42.0 Å². The molecule has 0 aliphatic heterocycles. The second-order valence-corrected chi connectivity index (χ2v) is 12.6. The highest BCUT2D eigenvalue weighted by atomic mass is 79.9. The summed E-state index contributed by atoms with van der Waals surface area (Å²) >= 11 is 3.62. The molecule has 2 amide bonds. The number of hydrogen-bond donors (Lipinski definition) is 1. The second-order valence-electron chi connectivity index (χ2n) is 11.7. The SMILES string of the molecule is CC(C)(C)c1ccc(OCC(=O)N(Cc2ccccc2)C(Cc2ccccc2)C(=O)NC2CCCCC2)c(Br)c1. The highest BCUT2D eigenvalue weighted by molar-refractivity contribution is 9.10. The molecule has 0 radical (unpaired) electrons. The number of hydrogen-bond acceptors (Lipinski definition) is 3. The Labute approximate surface area is 247 Å². The summed E-state index contributed by atoms with van der Waals surface area (Å²) < 4.78 is 6.85. The predicted molar refractivity (Wildman–Crippen MR) is 164 cm³/mol. The van der Waals surface area contributed by atoms with E-state index in [0.717, 1.165) is 41.3 Å². The van der Waals surface area contributed by atoms with Crippen molar-refractivity contribution in [2.45, 2.75) is 83.3 Å². The first-order valence-electron chi connectivity index (χ1n) is 14.3. The fourth-order valence-electron chi connectivity index (χ4n) is 5.19. The zero-order chi connectivity index (χ0) is 28.5. The van der Waals surface area contributed by atoms with Crippen LogP contribution in [0.4, 0.5) is 0 Å². The first-order chi connectivity index (χ1) is 19.2. The van der Waals surface area contributed by atoms with Gasteiger partial charge < -0.3 is 15.0 Å². The van der Waals surface area contributed by atoms with Crippen LogP contribution in [-0.4, -0.2) is 35.4 Å². The maximum atomic E-state index is 13.9. The Morgan fingerprint density at radius 1 is 0.925 bits per heavy atom. The van der Waals surface area contributed by atoms with Crippen LogP contribution in [0.15, 0.2) is 83.3 Å². The van der Waals surface area contributed by atoms with Gasteiger partial charge in [0.2, 0.25) is 5.91 Å². The first kappa shape index (κ1) is 29.9. The molecular weight excluding hydrogens is 564 g/mol. The van der Waals surface area contributed by atoms with Crippen LogP contribution in [0.3, 0.4) is 0 Å². The van der Waals surface area contributed by atoms with Crippen LogP contribution in [-0.2, 0) is 28.0 Å². The summed E-state index contributed by atoms with van der Waals surface area (Å²) in [7, 11) is 0. The molecule has 4 rings (SSSR count). The molecule has 5 nitrogen and oxygen atoms in total. The van der Waals surface area contributed by atoms with Crippen LogP contribution >= 0.6 is 15.9 Å². The van der Waals surface area contributed by atoms with E-state index in [9.17, 15) is 9.59 Å². The quantitative estimate of drug-likeness (QED) is 0.266. The molecule has 6 heteroatoms. The maximum absolute atomic E-state index is 13.9. The molecule has 1 atom stereocenters. The van der Waals surface area contributed by atoms with Gasteiger partial charge in [0.25, 0.3) is 5.91 Å². The van der Waals surface area contributed by atoms with E-state index in [-0.39, 0.29) is 29.9 Å². The largest absolute Gasteiger partial charge is 0.483 e. The average molecular weight is 606 g/mol. The van der Waals surface area contributed by atoms with Crippen LogP contribution < -0.4 is 10.1 Å². The topological polar surface area (TPSA) is 58.6 Å². The molecule has 212 valence electrons. The number of nitrogens with zero attached hydrogens (tertiary/aromatic N) is 1. The Kier molecular flexibility index (Phi) is 10.4. The minimum Gasteiger partial charge on any atom is -0.483 e. The van der Waals surface area contributed by atoms with E-state index in [1.54, 1.807) is 4.90 Å². The summed E-state index contributed by atoms with van der Waals surface area (Å²) in [4.78, 5) is 29.4. The van der Waals surface area contributed by atoms with Crippen molar-refractivity contribution in [2.24, 2.45) is 0 Å². The van der Waals surface area contributed by atoms with E-state index in [1.165, 1.54) is 12.0 Å². The number of ether oxygens (including phenoxy) is 1. The van der Waals surface area contributed by atoms with Gasteiger partial charge in [-0.3, -0.25) is 9.59 Å². The number of rotatable bonds is 10. The lowest BCUT2D eigenvalue weighted by atomic mass is 9.87. The molecule has 1 aliphatic carbocycles. The normalized spacial score (nSPS) is 14.8. The van der Waals surface area contributed by atoms with Gasteiger partial charge in [-0.25, -0.2) is 0 Å². The van der Waals surface area contributed by atoms with Crippen LogP contribution in [0.5, 0.6) is 5.75 Å². The van der Waals surface area contributed by atoms with Crippen LogP contribution in [0.25, 0.3) is 0 Å². The zero-order valence-electron chi connectivity index (χ0n) is 23.9. The zero-order valence-corrected chi connectivity index (χ0v) is 25.5. The molecular formula is C34H41BrN2O3. The van der Waals surface area contributed by atoms with Crippen LogP contribution in [0.2, 0.25) is 0 Å². The molecule has 0 spiro atoms. The Hall–Kier alpha value is -3.12. The molecule has 0 heterocycles. The van der Waals surface area contributed by atoms with Gasteiger partial charge in [0, 0.05) is 19.0 Å². The minimum atomic E-state index is -0.660. The lowest BCUT2D eigenvalue weighted by molar-refractivity contribution is -0.143. The number of halogens is 1. The number of benzene rings is 3. The number of carbonyl (C=O) groups is 2. The Morgan fingerprint density at radius 3 is 2.15 bits per heavy atom. The molecule has 1 saturated carbocycles. The fourth-order valence-corrected chi connectivity index (χ4v) is 5.68. The molecule has 0 bridgehead atoms. The van der Waals surface area contributed by atoms with Crippen molar-refractivity contribution in [3.8, 4) is 5.75 Å². The monoisotopic (exact) mass is 604 g/mol. The van der Waals surface area contributed by atoms with Gasteiger partial charge in [0.15, 0.2) is 6.61 Å². The molecule has 1 N–H and O–H groups in total. The molecule has 1 fully saturated rings. The van der Waals surface area contributed by atoms with Crippen LogP contribution in [0.1, 0.15) is 69.6 Å². The molecule has 0 saturated heterocycles. The van der Waals surface area contributed by atoms with E-state index >= 15 is 0 Å². The fraction of sp³-hybridized carbons (Fsp3) is 0.412. The molecule has 1 unspecified atom stereocenters. The van der Waals surface area contributed by atoms with Gasteiger partial charge in [-0.05, 0) is 63.0 Å². The Bertz CT molecular complexity index is 1250. The van der Waals surface area contributed by atoms with Gasteiger partial charge in [-0.15, -0.1) is 0 Å². The molecule has 3 aromatic carbocycles. The Morgan fingerprint density at radius 2 is 1.55 bits per heavy atom. The van der Waals surface area contributed by atoms with Gasteiger partial charge in [0.05, 0.1) is 4.47 Å². The third-order valence-corrected chi connectivity index (χ3v) is 8.19. The summed E-state index contributed by atoms with van der Waals surface area (Å²) in [5.74, 6) is 0.276. The van der Waals surface area contributed by atoms with Gasteiger partial charge in [-0.2, -0.15) is 0 Å². The lowest BCUT2D eigenvalue weighted by Gasteiger charge is -2.33. The van der Waals surface area contributed by atoms with Gasteiger partial charge in [-0.1, -0.05) is 107 Å². The summed E-state index contributed by atoms with van der Waals surface area (Å²) in [6.07, 6.45) is 5.86. The van der Waals surface area contributed by atoms with Gasteiger partial charge >= 0.3 is 0 Å². The maximum Gasteiger partial charge on any atom is 0.261 e. The van der Waals surface area contributed by atoms with E-state index in [1.807, 2.05) is 78.9 Å². The molecule has 3 aromatic rings. The summed E-state index contributed by atoms with van der Waals surface area (Å²) in [5.41, 5.74) is 3.15. The third kappa shape index (κ3) is 8.44. The van der Waals surface area contributed by atoms with E-state index in [4.69, 9.17) is 4.74 Å². The summed E-state index contributed by atoms with van der Waals surface area (Å²) in [6.45, 7) is 6.63. The highest BCUT2D eigenvalue weighted by Crippen LogP contribution is 2.31. The number of carbonyl (C=O) groups excluding carboxylic acids is 2. The third-order valence-electron chi connectivity index (χ3n) is 7.57. The standard InChI is InChI=1S/C34H41BrN2O3/c1-34(2,3)27-19-20-31(29(35)22-27)40-24-32(38)37(23-26-15-9-5-10-16-26)30(21-25-13-7-4-8-14-25)33(39)36-28-17-11-6-12-18-28/h4-5,7-10,13-16,19-20,22,28,30H,6,11-12,17-18,21,23-24H2,1-3H3,(H,36,39). The smallest absolute Gasteiger partial charge is 0.261 e. The van der Waals surface area contributed by atoms with Crippen molar-refractivity contribution in [1.29, 1.82) is 0 Å². The van der Waals surface area contributed by atoms with Crippen molar-refractivity contribution < 1.29 is 14.3 Å². The van der Waals surface area contributed by atoms with Crippen LogP contribution in [0, 0.1) is 0 Å². The van der Waals surface area contributed by atoms with Crippen molar-refractivity contribution in [2.75, 3.05) is 6.61 Å². The Balaban J connectivity index is 1.59. The van der Waals surface area contributed by atoms with Gasteiger partial charge in [0.1, 0.15) is 11.8 Å². The number of nitrogens with one attached hydrogen (secondary N) is 1. The lowest BCUT2D eigenvalue weighted by Crippen LogP contribution is -2.53. The van der Waals surface area contributed by atoms with E-state index < -0.39 is 6.04 Å². The summed E-state index contributed by atoms with van der Waals surface area (Å²) in [5, 5.41) is 3.28. The van der Waals surface area contributed by atoms with E-state index in [0.29, 0.717) is 18.7 Å². The van der Waals surface area contributed by atoms with Crippen molar-refractivity contribution >= 4 is 27.7 Å². The number of amides is 2. The molecule has 1 aliphatic rings. The second kappa shape index (κ2) is 14.0. The average Bonchev–Trinajstić information content (AvgIpc) is 2.95.